The molecular formula is C33H39O2P. The zero-order chi connectivity index (χ0) is 25.3. The van der Waals surface area contributed by atoms with Crippen molar-refractivity contribution in [2.45, 2.75) is 64.2 Å². The maximum Gasteiger partial charge on any atom is 0.156 e. The summed E-state index contributed by atoms with van der Waals surface area (Å²) >= 11 is 0. The summed E-state index contributed by atoms with van der Waals surface area (Å²) in [6.07, 6.45) is 15.5. The highest BCUT2D eigenvalue weighted by atomic mass is 31.2. The van der Waals surface area contributed by atoms with Crippen LogP contribution in [0.4, 0.5) is 0 Å². The van der Waals surface area contributed by atoms with E-state index in [0.29, 0.717) is 12.8 Å². The quantitative estimate of drug-likeness (QED) is 0.0921. The van der Waals surface area contributed by atoms with E-state index in [4.69, 9.17) is 0 Å². The van der Waals surface area contributed by atoms with Gasteiger partial charge in [-0.2, -0.15) is 0 Å². The summed E-state index contributed by atoms with van der Waals surface area (Å²) < 4.78 is 0. The van der Waals surface area contributed by atoms with Crippen LogP contribution in [0.5, 0.6) is 0 Å². The lowest BCUT2D eigenvalue weighted by Gasteiger charge is -2.28. The molecule has 36 heavy (non-hydrogen) atoms. The predicted octanol–water partition coefficient (Wildman–Crippen LogP) is 7.01. The van der Waals surface area contributed by atoms with Crippen LogP contribution in [0.15, 0.2) is 103 Å². The van der Waals surface area contributed by atoms with Crippen LogP contribution < -0.4 is 15.9 Å². The van der Waals surface area contributed by atoms with E-state index in [0.717, 1.165) is 38.4 Å². The Hall–Kier alpha value is -2.96. The first-order valence-corrected chi connectivity index (χ1v) is 15.2. The summed E-state index contributed by atoms with van der Waals surface area (Å²) in [5.74, 6) is 2.28. The third kappa shape index (κ3) is 8.32. The van der Waals surface area contributed by atoms with Gasteiger partial charge in [0.1, 0.15) is 6.29 Å². The van der Waals surface area contributed by atoms with Crippen LogP contribution in [0.25, 0.3) is 0 Å². The molecule has 0 amide bonds. The summed E-state index contributed by atoms with van der Waals surface area (Å²) in [7, 11) is 0. The van der Waals surface area contributed by atoms with E-state index in [1.165, 1.54) is 35.2 Å². The van der Waals surface area contributed by atoms with E-state index in [9.17, 15) is 9.59 Å². The molecule has 0 fully saturated rings. The molecule has 0 spiro atoms. The molecule has 0 atom stereocenters. The molecule has 0 heterocycles. The van der Waals surface area contributed by atoms with Crippen molar-refractivity contribution < 1.29 is 9.59 Å². The molecule has 0 N–H and O–H groups in total. The molecule has 0 radical (unpaired) electrons. The van der Waals surface area contributed by atoms with Gasteiger partial charge in [0, 0.05) is 12.8 Å². The Morgan fingerprint density at radius 3 is 1.44 bits per heavy atom. The molecule has 0 aliphatic carbocycles. The minimum absolute atomic E-state index is 0.226. The van der Waals surface area contributed by atoms with E-state index >= 15 is 0 Å². The van der Waals surface area contributed by atoms with Crippen molar-refractivity contribution in [3.63, 3.8) is 0 Å². The summed E-state index contributed by atoms with van der Waals surface area (Å²) in [5, 5.41) is 3.63. The van der Waals surface area contributed by atoms with Crippen molar-refractivity contribution in [2.24, 2.45) is 0 Å². The zero-order valence-corrected chi connectivity index (χ0v) is 22.2. The molecule has 0 unspecified atom stereocenters. The second-order valence-electron chi connectivity index (χ2n) is 9.20. The Bertz CT molecular complexity index is 1010. The van der Waals surface area contributed by atoms with Crippen molar-refractivity contribution in [1.82, 2.24) is 0 Å². The number of ketones is 1. The maximum absolute atomic E-state index is 13.4. The minimum atomic E-state index is -2.21. The van der Waals surface area contributed by atoms with Gasteiger partial charge in [-0.3, -0.25) is 4.79 Å². The van der Waals surface area contributed by atoms with Crippen molar-refractivity contribution in [1.29, 1.82) is 0 Å². The maximum atomic E-state index is 13.4. The monoisotopic (exact) mass is 498 g/mol. The van der Waals surface area contributed by atoms with Gasteiger partial charge in [-0.25, -0.2) is 0 Å². The Morgan fingerprint density at radius 1 is 0.556 bits per heavy atom. The van der Waals surface area contributed by atoms with Gasteiger partial charge >= 0.3 is 0 Å². The molecule has 0 aliphatic rings. The smallest absolute Gasteiger partial charge is 0.156 e. The largest absolute Gasteiger partial charge is 0.303 e. The molecule has 3 heteroatoms. The number of carbonyl (C=O) groups is 2. The van der Waals surface area contributed by atoms with Crippen LogP contribution in [-0.2, 0) is 9.59 Å². The van der Waals surface area contributed by atoms with Gasteiger partial charge in [-0.15, -0.1) is 0 Å². The third-order valence-corrected chi connectivity index (χ3v) is 10.5. The van der Waals surface area contributed by atoms with Gasteiger partial charge < -0.3 is 4.79 Å². The summed E-state index contributed by atoms with van der Waals surface area (Å²) in [6.45, 7) is -2.21. The fourth-order valence-corrected chi connectivity index (χ4v) is 8.42. The van der Waals surface area contributed by atoms with E-state index in [-0.39, 0.29) is 5.78 Å². The second-order valence-corrected chi connectivity index (χ2v) is 12.5. The van der Waals surface area contributed by atoms with E-state index in [1.807, 2.05) is 18.2 Å². The van der Waals surface area contributed by atoms with Crippen LogP contribution in [0.1, 0.15) is 64.2 Å². The van der Waals surface area contributed by atoms with Gasteiger partial charge in [0.25, 0.3) is 0 Å². The van der Waals surface area contributed by atoms with Gasteiger partial charge in [-0.05, 0) is 60.7 Å². The minimum Gasteiger partial charge on any atom is -0.303 e. The van der Waals surface area contributed by atoms with Crippen molar-refractivity contribution in [3.8, 4) is 0 Å². The number of aldehydes is 1. The zero-order valence-electron chi connectivity index (χ0n) is 21.3. The molecule has 0 bridgehead atoms. The van der Waals surface area contributed by atoms with Crippen LogP contribution >= 0.6 is 6.89 Å². The molecule has 3 aromatic carbocycles. The van der Waals surface area contributed by atoms with Gasteiger partial charge in [0.2, 0.25) is 0 Å². The summed E-state index contributed by atoms with van der Waals surface area (Å²) in [4.78, 5) is 23.7. The molecule has 0 saturated carbocycles. The van der Waals surface area contributed by atoms with Gasteiger partial charge in [0.15, 0.2) is 5.78 Å². The van der Waals surface area contributed by atoms with Crippen molar-refractivity contribution >= 4 is 40.7 Å². The van der Waals surface area contributed by atoms with Crippen LogP contribution in [-0.4, -0.2) is 17.9 Å². The number of rotatable bonds is 16. The Morgan fingerprint density at radius 2 is 0.972 bits per heavy atom. The molecule has 3 rings (SSSR count). The lowest BCUT2D eigenvalue weighted by atomic mass is 10.1. The first kappa shape index (κ1) is 27.6. The third-order valence-electron chi connectivity index (χ3n) is 6.48. The highest BCUT2D eigenvalue weighted by molar-refractivity contribution is 7.95. The van der Waals surface area contributed by atoms with E-state index in [2.05, 4.69) is 90.7 Å². The topological polar surface area (TPSA) is 34.1 Å². The van der Waals surface area contributed by atoms with Crippen molar-refractivity contribution in [3.05, 3.63) is 103 Å². The van der Waals surface area contributed by atoms with Crippen LogP contribution in [0.3, 0.4) is 0 Å². The van der Waals surface area contributed by atoms with Crippen molar-refractivity contribution in [2.75, 3.05) is 0 Å². The average molecular weight is 499 g/mol. The SMILES string of the molecule is O=CCCCCCCCC=CCCCC(=O)C=P(c1ccccc1)(c1ccccc1)c1ccccc1. The van der Waals surface area contributed by atoms with E-state index in [1.54, 1.807) is 0 Å². The Labute approximate surface area is 217 Å². The molecular weight excluding hydrogens is 459 g/mol. The highest BCUT2D eigenvalue weighted by Crippen LogP contribution is 2.43. The number of unbranched alkanes of at least 4 members (excludes halogenated alkanes) is 7. The fraction of sp³-hybridized carbons (Fsp3) is 0.303. The Kier molecular flexibility index (Phi) is 12.2. The first-order valence-electron chi connectivity index (χ1n) is 13.3. The molecule has 3 aromatic rings. The normalized spacial score (nSPS) is 11.4. The molecule has 0 aliphatic heterocycles. The predicted molar refractivity (Wildman–Crippen MR) is 158 cm³/mol. The average Bonchev–Trinajstić information content (AvgIpc) is 2.94. The molecule has 0 aromatic heterocycles. The van der Waals surface area contributed by atoms with Crippen LogP contribution in [0, 0.1) is 0 Å². The van der Waals surface area contributed by atoms with Gasteiger partial charge in [0.05, 0.1) is 0 Å². The Balaban J connectivity index is 1.67. The number of hydrogen-bond acceptors (Lipinski definition) is 2. The number of hydrogen-bond donors (Lipinski definition) is 0. The highest BCUT2D eigenvalue weighted by Gasteiger charge is 2.25. The lowest BCUT2D eigenvalue weighted by Crippen LogP contribution is -2.28. The standard InChI is InChI=1S/C33H39O2P/c34-28-20-9-7-5-3-1-2-4-6-8-13-21-30(35)29-36(31-22-14-10-15-23-31,32-24-16-11-17-25-32)33-26-18-12-19-27-33/h4,6,10-12,14-19,22-29H,1-3,5,7-9,13,20-21H2. The summed E-state index contributed by atoms with van der Waals surface area (Å²) in [6, 6.07) is 31.6. The summed E-state index contributed by atoms with van der Waals surface area (Å²) in [5.41, 5.74) is 0. The molecule has 0 saturated heterocycles. The molecule has 2 nitrogen and oxygen atoms in total. The number of allylic oxidation sites excluding steroid dienone is 2. The number of benzene rings is 3. The number of carbonyl (C=O) groups excluding carboxylic acids is 2. The van der Waals surface area contributed by atoms with Gasteiger partial charge in [-0.1, -0.05) is 122 Å². The fourth-order valence-electron chi connectivity index (χ4n) is 4.59. The molecule has 188 valence electrons. The lowest BCUT2D eigenvalue weighted by molar-refractivity contribution is -0.112. The first-order chi connectivity index (χ1) is 17.8. The van der Waals surface area contributed by atoms with E-state index < -0.39 is 6.89 Å². The van der Waals surface area contributed by atoms with Crippen LogP contribution in [0.2, 0.25) is 0 Å². The second kappa shape index (κ2) is 15.9. The number of Topliss-reactive ketones (excluding diaryl/α,β-unsaturated/α-hetero) is 1.